The molecule has 1 amide bonds. The minimum atomic E-state index is -0.125. The van der Waals surface area contributed by atoms with Crippen molar-refractivity contribution in [2.24, 2.45) is 0 Å². The van der Waals surface area contributed by atoms with Crippen LogP contribution in [0.25, 0.3) is 11.3 Å². The van der Waals surface area contributed by atoms with E-state index in [2.05, 4.69) is 10.3 Å². The molecule has 2 aromatic carbocycles. The van der Waals surface area contributed by atoms with Crippen LogP contribution in [0.1, 0.15) is 19.2 Å². The number of benzene rings is 2. The van der Waals surface area contributed by atoms with Crippen LogP contribution in [0.3, 0.4) is 0 Å². The van der Waals surface area contributed by atoms with Crippen molar-refractivity contribution in [3.8, 4) is 22.8 Å². The maximum Gasteiger partial charge on any atom is 0.224 e. The molecule has 6 heteroatoms. The first kappa shape index (κ1) is 18.5. The molecular formula is C21H22N2O4. The van der Waals surface area contributed by atoms with E-state index < -0.39 is 0 Å². The van der Waals surface area contributed by atoms with Crippen molar-refractivity contribution in [1.82, 2.24) is 4.98 Å². The Morgan fingerprint density at radius 1 is 1.15 bits per heavy atom. The molecule has 0 fully saturated rings. The summed E-state index contributed by atoms with van der Waals surface area (Å²) < 4.78 is 16.4. The van der Waals surface area contributed by atoms with Crippen LogP contribution in [-0.2, 0) is 11.2 Å². The van der Waals surface area contributed by atoms with Crippen LogP contribution >= 0.6 is 0 Å². The molecule has 0 saturated heterocycles. The molecule has 0 spiro atoms. The normalized spacial score (nSPS) is 10.4. The second-order valence-corrected chi connectivity index (χ2v) is 5.82. The molecule has 6 nitrogen and oxygen atoms in total. The Morgan fingerprint density at radius 2 is 1.93 bits per heavy atom. The van der Waals surface area contributed by atoms with Gasteiger partial charge in [0.15, 0.2) is 11.7 Å². The first-order chi connectivity index (χ1) is 13.2. The van der Waals surface area contributed by atoms with Crippen molar-refractivity contribution in [2.45, 2.75) is 19.8 Å². The van der Waals surface area contributed by atoms with Crippen molar-refractivity contribution in [3.63, 3.8) is 0 Å². The van der Waals surface area contributed by atoms with E-state index >= 15 is 0 Å². The molecular weight excluding hydrogens is 344 g/mol. The topological polar surface area (TPSA) is 73.6 Å². The van der Waals surface area contributed by atoms with Gasteiger partial charge in [0.05, 0.1) is 25.6 Å². The zero-order chi connectivity index (χ0) is 19.1. The number of nitrogens with zero attached hydrogens (tertiary/aromatic N) is 1. The number of carbonyl (C=O) groups excluding carboxylic acids is 1. The molecule has 3 rings (SSSR count). The van der Waals surface area contributed by atoms with Crippen molar-refractivity contribution in [2.75, 3.05) is 19.0 Å². The van der Waals surface area contributed by atoms with Crippen molar-refractivity contribution >= 4 is 11.6 Å². The number of anilines is 1. The SMILES string of the molecule is CCOc1ccc(-c2cnc(CCC(=O)Nc3ccccc3OC)o2)cc1. The molecule has 0 atom stereocenters. The van der Waals surface area contributed by atoms with Gasteiger partial charge in [0.2, 0.25) is 5.91 Å². The van der Waals surface area contributed by atoms with Gasteiger partial charge in [0.25, 0.3) is 0 Å². The standard InChI is InChI=1S/C21H22N2O4/c1-3-26-16-10-8-15(9-11-16)19-14-22-21(27-19)13-12-20(24)23-17-6-4-5-7-18(17)25-2/h4-11,14H,3,12-13H2,1-2H3,(H,23,24). The van der Waals surface area contributed by atoms with Gasteiger partial charge in [-0.15, -0.1) is 0 Å². The number of rotatable bonds is 8. The average molecular weight is 366 g/mol. The summed E-state index contributed by atoms with van der Waals surface area (Å²) in [5.41, 5.74) is 1.56. The van der Waals surface area contributed by atoms with Crippen LogP contribution in [-0.4, -0.2) is 24.6 Å². The largest absolute Gasteiger partial charge is 0.495 e. The van der Waals surface area contributed by atoms with Gasteiger partial charge in [-0.3, -0.25) is 4.79 Å². The quantitative estimate of drug-likeness (QED) is 0.643. The highest BCUT2D eigenvalue weighted by Crippen LogP contribution is 2.25. The van der Waals surface area contributed by atoms with E-state index in [1.807, 2.05) is 43.3 Å². The summed E-state index contributed by atoms with van der Waals surface area (Å²) in [5, 5.41) is 2.84. The molecule has 0 unspecified atom stereocenters. The second-order valence-electron chi connectivity index (χ2n) is 5.82. The number of aryl methyl sites for hydroxylation is 1. The highest BCUT2D eigenvalue weighted by Gasteiger charge is 2.11. The number of nitrogens with one attached hydrogen (secondary N) is 1. The number of carbonyl (C=O) groups is 1. The number of para-hydroxylation sites is 2. The summed E-state index contributed by atoms with van der Waals surface area (Å²) in [7, 11) is 1.57. The van der Waals surface area contributed by atoms with E-state index in [0.29, 0.717) is 36.1 Å². The van der Waals surface area contributed by atoms with Crippen molar-refractivity contribution in [3.05, 3.63) is 60.6 Å². The van der Waals surface area contributed by atoms with Crippen LogP contribution in [0.5, 0.6) is 11.5 Å². The Bertz CT molecular complexity index is 887. The third-order valence-corrected chi connectivity index (χ3v) is 3.95. The molecule has 140 valence electrons. The lowest BCUT2D eigenvalue weighted by Crippen LogP contribution is -2.13. The van der Waals surface area contributed by atoms with E-state index in [0.717, 1.165) is 11.3 Å². The first-order valence-corrected chi connectivity index (χ1v) is 8.80. The van der Waals surface area contributed by atoms with Crippen molar-refractivity contribution in [1.29, 1.82) is 0 Å². The zero-order valence-electron chi connectivity index (χ0n) is 15.4. The molecule has 1 heterocycles. The van der Waals surface area contributed by atoms with Gasteiger partial charge in [-0.1, -0.05) is 12.1 Å². The molecule has 3 aromatic rings. The fourth-order valence-corrected chi connectivity index (χ4v) is 2.62. The lowest BCUT2D eigenvalue weighted by molar-refractivity contribution is -0.116. The Morgan fingerprint density at radius 3 is 2.67 bits per heavy atom. The number of hydrogen-bond donors (Lipinski definition) is 1. The predicted octanol–water partition coefficient (Wildman–Crippen LogP) is 4.32. The van der Waals surface area contributed by atoms with Crippen LogP contribution < -0.4 is 14.8 Å². The van der Waals surface area contributed by atoms with Crippen molar-refractivity contribution < 1.29 is 18.7 Å². The van der Waals surface area contributed by atoms with Crippen LogP contribution in [0, 0.1) is 0 Å². The first-order valence-electron chi connectivity index (χ1n) is 8.80. The maximum atomic E-state index is 12.2. The third kappa shape index (κ3) is 4.88. The van der Waals surface area contributed by atoms with Gasteiger partial charge in [-0.25, -0.2) is 4.98 Å². The molecule has 0 aliphatic heterocycles. The molecule has 0 bridgehead atoms. The molecule has 0 saturated carbocycles. The van der Waals surface area contributed by atoms with Gasteiger partial charge in [-0.05, 0) is 43.3 Å². The van der Waals surface area contributed by atoms with Crippen LogP contribution in [0.4, 0.5) is 5.69 Å². The Balaban J connectivity index is 1.57. The Kier molecular flexibility index (Phi) is 6.10. The number of methoxy groups -OCH3 is 1. The monoisotopic (exact) mass is 366 g/mol. The highest BCUT2D eigenvalue weighted by atomic mass is 16.5. The van der Waals surface area contributed by atoms with E-state index in [4.69, 9.17) is 13.9 Å². The molecule has 0 aliphatic carbocycles. The number of oxazole rings is 1. The summed E-state index contributed by atoms with van der Waals surface area (Å²) >= 11 is 0. The molecule has 1 N–H and O–H groups in total. The fraction of sp³-hybridized carbons (Fsp3) is 0.238. The summed E-state index contributed by atoms with van der Waals surface area (Å²) in [6.45, 7) is 2.57. The lowest BCUT2D eigenvalue weighted by Gasteiger charge is -2.09. The molecule has 0 aliphatic rings. The minimum Gasteiger partial charge on any atom is -0.495 e. The van der Waals surface area contributed by atoms with E-state index in [9.17, 15) is 4.79 Å². The zero-order valence-corrected chi connectivity index (χ0v) is 15.4. The number of aromatic nitrogens is 1. The van der Waals surface area contributed by atoms with Crippen LogP contribution in [0.15, 0.2) is 59.1 Å². The molecule has 1 aromatic heterocycles. The smallest absolute Gasteiger partial charge is 0.224 e. The average Bonchev–Trinajstić information content (AvgIpc) is 3.17. The highest BCUT2D eigenvalue weighted by molar-refractivity contribution is 5.92. The van der Waals surface area contributed by atoms with Crippen LogP contribution in [0.2, 0.25) is 0 Å². The summed E-state index contributed by atoms with van der Waals surface area (Å²) in [6, 6.07) is 14.9. The van der Waals surface area contributed by atoms with E-state index in [1.165, 1.54) is 0 Å². The van der Waals surface area contributed by atoms with Gasteiger partial charge in [-0.2, -0.15) is 0 Å². The lowest BCUT2D eigenvalue weighted by atomic mass is 10.2. The maximum absolute atomic E-state index is 12.2. The number of hydrogen-bond acceptors (Lipinski definition) is 5. The third-order valence-electron chi connectivity index (χ3n) is 3.95. The minimum absolute atomic E-state index is 0.125. The second kappa shape index (κ2) is 8.89. The van der Waals surface area contributed by atoms with Gasteiger partial charge in [0, 0.05) is 18.4 Å². The Labute approximate surface area is 158 Å². The summed E-state index contributed by atoms with van der Waals surface area (Å²) in [4.78, 5) is 16.4. The fourth-order valence-electron chi connectivity index (χ4n) is 2.62. The van der Waals surface area contributed by atoms with Gasteiger partial charge in [0.1, 0.15) is 11.5 Å². The summed E-state index contributed by atoms with van der Waals surface area (Å²) in [5.74, 6) is 2.50. The predicted molar refractivity (Wildman–Crippen MR) is 103 cm³/mol. The van der Waals surface area contributed by atoms with Gasteiger partial charge < -0.3 is 19.2 Å². The number of amides is 1. The van der Waals surface area contributed by atoms with Gasteiger partial charge >= 0.3 is 0 Å². The Hall–Kier alpha value is -3.28. The summed E-state index contributed by atoms with van der Waals surface area (Å²) in [6.07, 6.45) is 2.35. The molecule has 27 heavy (non-hydrogen) atoms. The molecule has 0 radical (unpaired) electrons. The van der Waals surface area contributed by atoms with E-state index in [-0.39, 0.29) is 12.3 Å². The van der Waals surface area contributed by atoms with E-state index in [1.54, 1.807) is 25.4 Å². The number of ether oxygens (including phenoxy) is 2.